The first-order valence-corrected chi connectivity index (χ1v) is 7.33. The van der Waals surface area contributed by atoms with Crippen LogP contribution in [0, 0.1) is 0 Å². The lowest BCUT2D eigenvalue weighted by atomic mass is 10.1. The van der Waals surface area contributed by atoms with Gasteiger partial charge in [-0.2, -0.15) is 0 Å². The van der Waals surface area contributed by atoms with Gasteiger partial charge >= 0.3 is 0 Å². The Morgan fingerprint density at radius 1 is 1.00 bits per heavy atom. The number of fused-ring (bicyclic) bond motifs is 1. The van der Waals surface area contributed by atoms with Gasteiger partial charge in [-0.3, -0.25) is 14.8 Å². The lowest BCUT2D eigenvalue weighted by Crippen LogP contribution is -2.12. The molecule has 0 fully saturated rings. The van der Waals surface area contributed by atoms with Gasteiger partial charge in [0.1, 0.15) is 0 Å². The Kier molecular flexibility index (Phi) is 4.30. The zero-order valence-electron chi connectivity index (χ0n) is 11.8. The number of anilines is 1. The topological polar surface area (TPSA) is 54.9 Å². The van der Waals surface area contributed by atoms with E-state index in [9.17, 15) is 4.79 Å². The average molecular weight is 312 g/mol. The molecule has 1 aromatic heterocycles. The quantitative estimate of drug-likeness (QED) is 0.796. The van der Waals surface area contributed by atoms with Crippen molar-refractivity contribution in [3.8, 4) is 0 Å². The molecular formula is C17H14ClN3O. The lowest BCUT2D eigenvalue weighted by molar-refractivity contribution is -0.116. The van der Waals surface area contributed by atoms with Gasteiger partial charge in [0.25, 0.3) is 0 Å². The van der Waals surface area contributed by atoms with Crippen LogP contribution in [0.2, 0.25) is 5.02 Å². The van der Waals surface area contributed by atoms with E-state index in [-0.39, 0.29) is 5.91 Å². The fourth-order valence-corrected chi connectivity index (χ4v) is 2.30. The first kappa shape index (κ1) is 14.5. The fourth-order valence-electron chi connectivity index (χ4n) is 2.17. The number of nitrogens with one attached hydrogen (secondary N) is 1. The summed E-state index contributed by atoms with van der Waals surface area (Å²) in [5.74, 6) is -0.0295. The van der Waals surface area contributed by atoms with Crippen LogP contribution >= 0.6 is 11.6 Å². The zero-order chi connectivity index (χ0) is 15.4. The summed E-state index contributed by atoms with van der Waals surface area (Å²) < 4.78 is 0. The minimum absolute atomic E-state index is 0.0295. The molecule has 5 heteroatoms. The molecule has 1 N–H and O–H groups in total. The van der Waals surface area contributed by atoms with E-state index in [0.717, 1.165) is 22.3 Å². The van der Waals surface area contributed by atoms with Crippen LogP contribution in [0.3, 0.4) is 0 Å². The molecule has 110 valence electrons. The molecule has 3 aromatic rings. The van der Waals surface area contributed by atoms with E-state index in [1.54, 1.807) is 12.4 Å². The maximum Gasteiger partial charge on any atom is 0.224 e. The molecule has 1 heterocycles. The molecule has 3 rings (SSSR count). The number of hydrogen-bond acceptors (Lipinski definition) is 3. The van der Waals surface area contributed by atoms with Crippen molar-refractivity contribution >= 4 is 34.2 Å². The summed E-state index contributed by atoms with van der Waals surface area (Å²) in [6.45, 7) is 0. The second-order valence-electron chi connectivity index (χ2n) is 4.93. The molecule has 0 saturated carbocycles. The van der Waals surface area contributed by atoms with Gasteiger partial charge in [0.05, 0.1) is 11.0 Å². The van der Waals surface area contributed by atoms with E-state index in [2.05, 4.69) is 15.3 Å². The molecule has 0 bridgehead atoms. The summed E-state index contributed by atoms with van der Waals surface area (Å²) >= 11 is 5.84. The molecule has 0 saturated heterocycles. The third-order valence-corrected chi connectivity index (χ3v) is 3.56. The number of aryl methyl sites for hydroxylation is 1. The highest BCUT2D eigenvalue weighted by Crippen LogP contribution is 2.16. The third kappa shape index (κ3) is 3.59. The van der Waals surface area contributed by atoms with Crippen molar-refractivity contribution in [1.82, 2.24) is 9.97 Å². The molecule has 0 radical (unpaired) electrons. The van der Waals surface area contributed by atoms with Crippen LogP contribution in [-0.4, -0.2) is 15.9 Å². The number of halogens is 1. The second-order valence-corrected chi connectivity index (χ2v) is 5.37. The summed E-state index contributed by atoms with van der Waals surface area (Å²) in [5, 5.41) is 3.58. The van der Waals surface area contributed by atoms with Crippen molar-refractivity contribution in [2.75, 3.05) is 5.32 Å². The standard InChI is InChI=1S/C17H14ClN3O/c18-13-4-1-12(2-5-13)3-8-17(22)21-14-6-7-15-16(11-14)20-10-9-19-15/h1-2,4-7,9-11H,3,8H2,(H,21,22). The predicted molar refractivity (Wildman–Crippen MR) is 87.9 cm³/mol. The van der Waals surface area contributed by atoms with Crippen LogP contribution < -0.4 is 5.32 Å². The molecule has 0 atom stereocenters. The minimum atomic E-state index is -0.0295. The Morgan fingerprint density at radius 3 is 2.50 bits per heavy atom. The number of benzene rings is 2. The number of carbonyl (C=O) groups is 1. The normalized spacial score (nSPS) is 10.6. The predicted octanol–water partition coefficient (Wildman–Crippen LogP) is 3.85. The molecule has 0 unspecified atom stereocenters. The van der Waals surface area contributed by atoms with Crippen molar-refractivity contribution in [2.45, 2.75) is 12.8 Å². The highest BCUT2D eigenvalue weighted by Gasteiger charge is 2.05. The van der Waals surface area contributed by atoms with Crippen molar-refractivity contribution in [1.29, 1.82) is 0 Å². The Labute approximate surface area is 133 Å². The molecule has 22 heavy (non-hydrogen) atoms. The van der Waals surface area contributed by atoms with Crippen LogP contribution in [0.1, 0.15) is 12.0 Å². The summed E-state index contributed by atoms with van der Waals surface area (Å²) in [5.41, 5.74) is 3.39. The van der Waals surface area contributed by atoms with Gasteiger partial charge in [-0.25, -0.2) is 0 Å². The first-order chi connectivity index (χ1) is 10.7. The van der Waals surface area contributed by atoms with E-state index in [1.807, 2.05) is 42.5 Å². The van der Waals surface area contributed by atoms with E-state index in [4.69, 9.17) is 11.6 Å². The summed E-state index contributed by atoms with van der Waals surface area (Å²) in [4.78, 5) is 20.4. The number of nitrogens with zero attached hydrogens (tertiary/aromatic N) is 2. The molecule has 0 spiro atoms. The number of rotatable bonds is 4. The molecule has 2 aromatic carbocycles. The van der Waals surface area contributed by atoms with Crippen LogP contribution in [0.5, 0.6) is 0 Å². The Morgan fingerprint density at radius 2 is 1.73 bits per heavy atom. The van der Waals surface area contributed by atoms with E-state index in [1.165, 1.54) is 0 Å². The molecule has 0 aliphatic rings. The lowest BCUT2D eigenvalue weighted by Gasteiger charge is -2.06. The smallest absolute Gasteiger partial charge is 0.224 e. The molecule has 0 aliphatic heterocycles. The van der Waals surface area contributed by atoms with Crippen molar-refractivity contribution in [2.24, 2.45) is 0 Å². The van der Waals surface area contributed by atoms with E-state index < -0.39 is 0 Å². The number of aromatic nitrogens is 2. The van der Waals surface area contributed by atoms with Gasteiger partial charge in [-0.05, 0) is 42.3 Å². The summed E-state index contributed by atoms with van der Waals surface area (Å²) in [6, 6.07) is 13.0. The zero-order valence-corrected chi connectivity index (χ0v) is 12.5. The summed E-state index contributed by atoms with van der Waals surface area (Å²) in [7, 11) is 0. The van der Waals surface area contributed by atoms with Crippen LogP contribution in [0.15, 0.2) is 54.9 Å². The third-order valence-electron chi connectivity index (χ3n) is 3.31. The van der Waals surface area contributed by atoms with Gasteiger partial charge in [0.15, 0.2) is 0 Å². The molecule has 4 nitrogen and oxygen atoms in total. The number of hydrogen-bond donors (Lipinski definition) is 1. The number of carbonyl (C=O) groups excluding carboxylic acids is 1. The van der Waals surface area contributed by atoms with Crippen molar-refractivity contribution in [3.63, 3.8) is 0 Å². The Balaban J connectivity index is 1.61. The maximum atomic E-state index is 12.0. The van der Waals surface area contributed by atoms with E-state index in [0.29, 0.717) is 17.9 Å². The monoisotopic (exact) mass is 311 g/mol. The highest BCUT2D eigenvalue weighted by molar-refractivity contribution is 6.30. The second kappa shape index (κ2) is 6.54. The minimum Gasteiger partial charge on any atom is -0.326 e. The molecule has 0 aliphatic carbocycles. The van der Waals surface area contributed by atoms with Crippen molar-refractivity contribution in [3.05, 3.63) is 65.4 Å². The van der Waals surface area contributed by atoms with Crippen LogP contribution in [-0.2, 0) is 11.2 Å². The van der Waals surface area contributed by atoms with Gasteiger partial charge < -0.3 is 5.32 Å². The van der Waals surface area contributed by atoms with Crippen LogP contribution in [0.4, 0.5) is 5.69 Å². The van der Waals surface area contributed by atoms with E-state index >= 15 is 0 Å². The van der Waals surface area contributed by atoms with Crippen molar-refractivity contribution < 1.29 is 4.79 Å². The first-order valence-electron chi connectivity index (χ1n) is 6.96. The van der Waals surface area contributed by atoms with Crippen LogP contribution in [0.25, 0.3) is 11.0 Å². The SMILES string of the molecule is O=C(CCc1ccc(Cl)cc1)Nc1ccc2nccnc2c1. The fraction of sp³-hybridized carbons (Fsp3) is 0.118. The Bertz CT molecular complexity index is 802. The van der Waals surface area contributed by atoms with Gasteiger partial charge in [0.2, 0.25) is 5.91 Å². The maximum absolute atomic E-state index is 12.0. The average Bonchev–Trinajstić information content (AvgIpc) is 2.54. The number of amides is 1. The molecule has 1 amide bonds. The summed E-state index contributed by atoms with van der Waals surface area (Å²) in [6.07, 6.45) is 4.37. The van der Waals surface area contributed by atoms with Gasteiger partial charge in [-0.1, -0.05) is 23.7 Å². The molecular weight excluding hydrogens is 298 g/mol. The van der Waals surface area contributed by atoms with Gasteiger partial charge in [-0.15, -0.1) is 0 Å². The highest BCUT2D eigenvalue weighted by atomic mass is 35.5. The largest absolute Gasteiger partial charge is 0.326 e. The Hall–Kier alpha value is -2.46. The van der Waals surface area contributed by atoms with Gasteiger partial charge in [0, 0.05) is 29.5 Å².